The maximum absolute atomic E-state index is 13.8. The van der Waals surface area contributed by atoms with E-state index in [4.69, 9.17) is 0 Å². The third kappa shape index (κ3) is 5.53. The van der Waals surface area contributed by atoms with E-state index in [1.807, 2.05) is 0 Å². The van der Waals surface area contributed by atoms with Gasteiger partial charge in [0, 0.05) is 58.1 Å². The molecule has 2 aliphatic rings. The van der Waals surface area contributed by atoms with Crippen molar-refractivity contribution >= 4 is 23.2 Å². The lowest BCUT2D eigenvalue weighted by Gasteiger charge is -2.39. The number of rotatable bonds is 5. The van der Waals surface area contributed by atoms with Gasteiger partial charge in [-0.2, -0.15) is 0 Å². The molecule has 2 aromatic rings. The quantitative estimate of drug-likeness (QED) is 0.656. The van der Waals surface area contributed by atoms with Crippen LogP contribution in [-0.2, 0) is 16.0 Å². The van der Waals surface area contributed by atoms with Crippen LogP contribution in [0.15, 0.2) is 36.4 Å². The number of piperazine rings is 1. The molecule has 34 heavy (non-hydrogen) atoms. The summed E-state index contributed by atoms with van der Waals surface area (Å²) in [6.45, 7) is 4.78. The van der Waals surface area contributed by atoms with Gasteiger partial charge in [0.1, 0.15) is 11.6 Å². The number of likely N-dealkylation sites (N-methyl/N-ethyl adjacent to an activating group) is 1. The fraction of sp³-hybridized carbons (Fsp3) is 0.440. The summed E-state index contributed by atoms with van der Waals surface area (Å²) in [5.74, 6) is -3.43. The van der Waals surface area contributed by atoms with Crippen molar-refractivity contribution in [3.05, 3.63) is 59.2 Å². The van der Waals surface area contributed by atoms with E-state index < -0.39 is 23.4 Å². The Morgan fingerprint density at radius 2 is 1.74 bits per heavy atom. The number of nitrogens with zero attached hydrogens (tertiary/aromatic N) is 3. The molecule has 0 unspecified atom stereocenters. The van der Waals surface area contributed by atoms with Crippen LogP contribution in [0, 0.1) is 11.6 Å². The highest BCUT2D eigenvalue weighted by molar-refractivity contribution is 6.39. The average molecular weight is 472 g/mol. The van der Waals surface area contributed by atoms with Crippen LogP contribution in [0.5, 0.6) is 0 Å². The van der Waals surface area contributed by atoms with Gasteiger partial charge in [-0.3, -0.25) is 14.5 Å². The van der Waals surface area contributed by atoms with Crippen LogP contribution in [0.25, 0.3) is 0 Å². The number of carbonyl (C=O) groups is 2. The Morgan fingerprint density at radius 1 is 0.971 bits per heavy atom. The van der Waals surface area contributed by atoms with Crippen LogP contribution in [0.4, 0.5) is 20.2 Å². The van der Waals surface area contributed by atoms with Gasteiger partial charge < -0.3 is 20.4 Å². The molecule has 2 amide bonds. The molecule has 2 N–H and O–H groups in total. The molecule has 4 rings (SSSR count). The van der Waals surface area contributed by atoms with Gasteiger partial charge in [0.2, 0.25) is 0 Å². The van der Waals surface area contributed by atoms with Crippen molar-refractivity contribution in [1.29, 1.82) is 0 Å². The molecule has 182 valence electrons. The van der Waals surface area contributed by atoms with E-state index >= 15 is 0 Å². The molecule has 0 radical (unpaired) electrons. The molecule has 1 saturated heterocycles. The number of anilines is 2. The van der Waals surface area contributed by atoms with Crippen molar-refractivity contribution in [3.63, 3.8) is 0 Å². The number of hydrogen-bond donors (Lipinski definition) is 2. The molecule has 0 aliphatic carbocycles. The molecule has 0 spiro atoms. The molecule has 2 heterocycles. The first-order valence-corrected chi connectivity index (χ1v) is 11.6. The highest BCUT2D eigenvalue weighted by Gasteiger charge is 2.27. The fourth-order valence-electron chi connectivity index (χ4n) is 4.65. The zero-order valence-corrected chi connectivity index (χ0v) is 19.6. The second-order valence-electron chi connectivity index (χ2n) is 9.06. The maximum Gasteiger partial charge on any atom is 0.313 e. The standard InChI is InChI=1S/C25H31F2N5O2/c1-30-10-12-32(13-11-30)23(18-5-8-22-17(14-18)4-3-9-31(22)2)16-28-24(33)25(34)29-21-15-19(26)6-7-20(21)27/h5-8,14-15,23H,3-4,9-13,16H2,1-2H3,(H,28,33)(H,29,34)/t23-/m1/s1. The highest BCUT2D eigenvalue weighted by Crippen LogP contribution is 2.31. The Bertz CT molecular complexity index is 1060. The largest absolute Gasteiger partial charge is 0.374 e. The zero-order chi connectivity index (χ0) is 24.2. The van der Waals surface area contributed by atoms with Crippen LogP contribution >= 0.6 is 0 Å². The lowest BCUT2D eigenvalue weighted by atomic mass is 9.95. The topological polar surface area (TPSA) is 67.9 Å². The fourth-order valence-corrected chi connectivity index (χ4v) is 4.65. The van der Waals surface area contributed by atoms with Gasteiger partial charge in [-0.25, -0.2) is 8.78 Å². The minimum atomic E-state index is -1.03. The summed E-state index contributed by atoms with van der Waals surface area (Å²) in [6.07, 6.45) is 2.11. The summed E-state index contributed by atoms with van der Waals surface area (Å²) >= 11 is 0. The average Bonchev–Trinajstić information content (AvgIpc) is 2.82. The summed E-state index contributed by atoms with van der Waals surface area (Å²) in [7, 11) is 4.18. The van der Waals surface area contributed by atoms with E-state index in [0.717, 1.165) is 69.3 Å². The monoisotopic (exact) mass is 471 g/mol. The third-order valence-corrected chi connectivity index (χ3v) is 6.66. The molecule has 9 heteroatoms. The molecule has 0 saturated carbocycles. The molecule has 2 aliphatic heterocycles. The van der Waals surface area contributed by atoms with Gasteiger partial charge in [0.15, 0.2) is 0 Å². The highest BCUT2D eigenvalue weighted by atomic mass is 19.1. The summed E-state index contributed by atoms with van der Waals surface area (Å²) in [4.78, 5) is 31.7. The Morgan fingerprint density at radius 3 is 2.50 bits per heavy atom. The molecular formula is C25H31F2N5O2. The summed E-state index contributed by atoms with van der Waals surface area (Å²) < 4.78 is 27.2. The number of fused-ring (bicyclic) bond motifs is 1. The predicted molar refractivity (Wildman–Crippen MR) is 128 cm³/mol. The lowest BCUT2D eigenvalue weighted by molar-refractivity contribution is -0.136. The van der Waals surface area contributed by atoms with Crippen molar-refractivity contribution in [2.75, 3.05) is 63.6 Å². The number of aryl methyl sites for hydroxylation is 1. The first-order chi connectivity index (χ1) is 16.3. The summed E-state index contributed by atoms with van der Waals surface area (Å²) in [5.41, 5.74) is 3.24. The number of carbonyl (C=O) groups excluding carboxylic acids is 2. The molecule has 1 fully saturated rings. The summed E-state index contributed by atoms with van der Waals surface area (Å²) in [5, 5.41) is 4.85. The lowest BCUT2D eigenvalue weighted by Crippen LogP contribution is -2.49. The van der Waals surface area contributed by atoms with E-state index in [2.05, 4.69) is 57.6 Å². The van der Waals surface area contributed by atoms with Crippen molar-refractivity contribution in [2.45, 2.75) is 18.9 Å². The van der Waals surface area contributed by atoms with Crippen LogP contribution < -0.4 is 15.5 Å². The van der Waals surface area contributed by atoms with Crippen LogP contribution in [0.3, 0.4) is 0 Å². The van der Waals surface area contributed by atoms with Gasteiger partial charge in [0.25, 0.3) is 0 Å². The van der Waals surface area contributed by atoms with Gasteiger partial charge in [-0.1, -0.05) is 12.1 Å². The molecular weight excluding hydrogens is 440 g/mol. The first kappa shape index (κ1) is 24.1. The normalized spacial score (nSPS) is 17.7. The number of amides is 2. The number of benzene rings is 2. The van der Waals surface area contributed by atoms with Crippen molar-refractivity contribution < 1.29 is 18.4 Å². The summed E-state index contributed by atoms with van der Waals surface area (Å²) in [6, 6.07) is 9.03. The molecule has 2 aromatic carbocycles. The van der Waals surface area contributed by atoms with Crippen molar-refractivity contribution in [1.82, 2.24) is 15.1 Å². The van der Waals surface area contributed by atoms with Gasteiger partial charge >= 0.3 is 11.8 Å². The number of nitrogens with one attached hydrogen (secondary N) is 2. The molecule has 0 aromatic heterocycles. The number of hydrogen-bond acceptors (Lipinski definition) is 5. The molecule has 1 atom stereocenters. The Hall–Kier alpha value is -3.04. The third-order valence-electron chi connectivity index (χ3n) is 6.66. The first-order valence-electron chi connectivity index (χ1n) is 11.6. The minimum absolute atomic E-state index is 0.103. The van der Waals surface area contributed by atoms with Crippen LogP contribution in [0.1, 0.15) is 23.6 Å². The van der Waals surface area contributed by atoms with Gasteiger partial charge in [-0.05, 0) is 49.2 Å². The van der Waals surface area contributed by atoms with Crippen LogP contribution in [-0.4, -0.2) is 75.0 Å². The van der Waals surface area contributed by atoms with E-state index in [1.165, 1.54) is 11.3 Å². The van der Waals surface area contributed by atoms with Crippen molar-refractivity contribution in [2.24, 2.45) is 0 Å². The van der Waals surface area contributed by atoms with Crippen molar-refractivity contribution in [3.8, 4) is 0 Å². The van der Waals surface area contributed by atoms with Gasteiger partial charge in [0.05, 0.1) is 11.7 Å². The number of halogens is 2. The van der Waals surface area contributed by atoms with Gasteiger partial charge in [-0.15, -0.1) is 0 Å². The Kier molecular flexibility index (Phi) is 7.43. The minimum Gasteiger partial charge on any atom is -0.374 e. The predicted octanol–water partition coefficient (Wildman–Crippen LogP) is 2.39. The maximum atomic E-state index is 13.8. The van der Waals surface area contributed by atoms with E-state index in [9.17, 15) is 18.4 Å². The Labute approximate surface area is 198 Å². The van der Waals surface area contributed by atoms with Crippen LogP contribution in [0.2, 0.25) is 0 Å². The second-order valence-corrected chi connectivity index (χ2v) is 9.06. The van der Waals surface area contributed by atoms with E-state index in [0.29, 0.717) is 0 Å². The van der Waals surface area contributed by atoms with E-state index in [1.54, 1.807) is 0 Å². The molecule has 0 bridgehead atoms. The zero-order valence-electron chi connectivity index (χ0n) is 19.6. The SMILES string of the molecule is CN1CCN([C@H](CNC(=O)C(=O)Nc2cc(F)ccc2F)c2ccc3c(c2)CCCN3C)CC1. The Balaban J connectivity index is 1.48. The smallest absolute Gasteiger partial charge is 0.313 e. The van der Waals surface area contributed by atoms with E-state index in [-0.39, 0.29) is 18.3 Å². The molecule has 7 nitrogen and oxygen atoms in total. The second kappa shape index (κ2) is 10.5.